The molecular weight excluding hydrogens is 390 g/mol. The fourth-order valence-electron chi connectivity index (χ4n) is 3.40. The molecule has 0 spiro atoms. The molecule has 0 unspecified atom stereocenters. The molecule has 1 aromatic carbocycles. The van der Waals surface area contributed by atoms with E-state index in [0.29, 0.717) is 32.1 Å². The number of piperazine rings is 1. The summed E-state index contributed by atoms with van der Waals surface area (Å²) in [6, 6.07) is 8.09. The van der Waals surface area contributed by atoms with Crippen LogP contribution in [0, 0.1) is 0 Å². The summed E-state index contributed by atoms with van der Waals surface area (Å²) in [5.41, 5.74) is 0.512. The van der Waals surface area contributed by atoms with E-state index < -0.39 is 30.9 Å². The van der Waals surface area contributed by atoms with Crippen LogP contribution in [0.1, 0.15) is 20.7 Å². The Hall–Kier alpha value is -3.82. The molecule has 154 valence electrons. The van der Waals surface area contributed by atoms with Crippen LogP contribution in [0.5, 0.6) is 0 Å². The van der Waals surface area contributed by atoms with Gasteiger partial charge in [0.15, 0.2) is 6.61 Å². The average molecular weight is 409 g/mol. The van der Waals surface area contributed by atoms with Crippen LogP contribution in [-0.4, -0.2) is 82.8 Å². The molecule has 0 radical (unpaired) electrons. The lowest BCUT2D eigenvalue weighted by molar-refractivity contribution is -0.152. The zero-order chi connectivity index (χ0) is 21.1. The summed E-state index contributed by atoms with van der Waals surface area (Å²) in [5.74, 6) is -1.62. The number of fused-ring (bicyclic) bond motifs is 1. The van der Waals surface area contributed by atoms with Crippen molar-refractivity contribution in [2.75, 3.05) is 44.2 Å². The van der Waals surface area contributed by atoms with Crippen LogP contribution in [-0.2, 0) is 14.3 Å². The molecule has 1 saturated heterocycles. The lowest BCUT2D eigenvalue weighted by Crippen LogP contribution is -2.50. The highest BCUT2D eigenvalue weighted by atomic mass is 16.5. The van der Waals surface area contributed by atoms with Crippen molar-refractivity contribution in [3.63, 3.8) is 0 Å². The Kier molecular flexibility index (Phi) is 5.38. The van der Waals surface area contributed by atoms with Crippen LogP contribution >= 0.6 is 0 Å². The Morgan fingerprint density at radius 3 is 2.10 bits per heavy atom. The van der Waals surface area contributed by atoms with Crippen LogP contribution < -0.4 is 4.90 Å². The second-order valence-electron chi connectivity index (χ2n) is 6.82. The minimum atomic E-state index is -0.811. The highest BCUT2D eigenvalue weighted by Crippen LogP contribution is 2.22. The fraction of sp³-hybridized carbons (Fsp3) is 0.300. The topological polar surface area (TPSA) is 113 Å². The predicted molar refractivity (Wildman–Crippen MR) is 104 cm³/mol. The number of rotatable bonds is 5. The van der Waals surface area contributed by atoms with Crippen molar-refractivity contribution in [2.45, 2.75) is 0 Å². The summed E-state index contributed by atoms with van der Waals surface area (Å²) < 4.78 is 5.01. The molecule has 0 N–H and O–H groups in total. The number of benzene rings is 1. The molecule has 0 saturated carbocycles. The molecule has 1 aromatic heterocycles. The smallest absolute Gasteiger partial charge is 0.326 e. The van der Waals surface area contributed by atoms with Crippen molar-refractivity contribution in [3.05, 3.63) is 53.9 Å². The van der Waals surface area contributed by atoms with E-state index in [1.165, 1.54) is 12.1 Å². The summed E-state index contributed by atoms with van der Waals surface area (Å²) in [6.07, 6.45) is 3.32. The molecule has 0 aliphatic carbocycles. The van der Waals surface area contributed by atoms with E-state index in [-0.39, 0.29) is 17.0 Å². The molecular formula is C20H19N5O5. The Morgan fingerprint density at radius 1 is 0.900 bits per heavy atom. The minimum Gasteiger partial charge on any atom is -0.454 e. The van der Waals surface area contributed by atoms with E-state index in [1.54, 1.807) is 35.5 Å². The van der Waals surface area contributed by atoms with Crippen LogP contribution in [0.2, 0.25) is 0 Å². The molecule has 2 aromatic rings. The number of imide groups is 1. The molecule has 2 aliphatic rings. The van der Waals surface area contributed by atoms with E-state index >= 15 is 0 Å². The first-order valence-electron chi connectivity index (χ1n) is 9.45. The molecule has 3 heterocycles. The third-order valence-electron chi connectivity index (χ3n) is 4.99. The first-order valence-corrected chi connectivity index (χ1v) is 9.45. The van der Waals surface area contributed by atoms with Gasteiger partial charge < -0.3 is 14.5 Å². The van der Waals surface area contributed by atoms with Gasteiger partial charge in [0, 0.05) is 38.6 Å². The Bertz CT molecular complexity index is 953. The van der Waals surface area contributed by atoms with Gasteiger partial charge in [-0.05, 0) is 18.2 Å². The van der Waals surface area contributed by atoms with Gasteiger partial charge in [0.1, 0.15) is 6.54 Å². The monoisotopic (exact) mass is 409 g/mol. The number of carbonyl (C=O) groups is 4. The molecule has 10 nitrogen and oxygen atoms in total. The predicted octanol–water partition coefficient (Wildman–Crippen LogP) is -0.0354. The molecule has 4 rings (SSSR count). The Morgan fingerprint density at radius 2 is 1.50 bits per heavy atom. The van der Waals surface area contributed by atoms with Crippen LogP contribution in [0.4, 0.5) is 5.95 Å². The summed E-state index contributed by atoms with van der Waals surface area (Å²) in [4.78, 5) is 61.8. The number of amides is 3. The number of ether oxygens (including phenoxy) is 1. The van der Waals surface area contributed by atoms with Crippen LogP contribution in [0.3, 0.4) is 0 Å². The van der Waals surface area contributed by atoms with Crippen molar-refractivity contribution < 1.29 is 23.9 Å². The van der Waals surface area contributed by atoms with Gasteiger partial charge in [0.2, 0.25) is 5.95 Å². The van der Waals surface area contributed by atoms with Crippen LogP contribution in [0.15, 0.2) is 42.7 Å². The maximum Gasteiger partial charge on any atom is 0.326 e. The minimum absolute atomic E-state index is 0.256. The SMILES string of the molecule is O=C(CN1C(=O)c2ccccc2C1=O)OCC(=O)N1CCN(c2ncccn2)CC1. The van der Waals surface area contributed by atoms with Crippen molar-refractivity contribution in [1.29, 1.82) is 0 Å². The van der Waals surface area contributed by atoms with Gasteiger partial charge in [0.05, 0.1) is 11.1 Å². The second kappa shape index (κ2) is 8.27. The third kappa shape index (κ3) is 3.84. The first-order chi connectivity index (χ1) is 14.5. The number of carbonyl (C=O) groups excluding carboxylic acids is 4. The van der Waals surface area contributed by atoms with Crippen molar-refractivity contribution in [2.24, 2.45) is 0 Å². The third-order valence-corrected chi connectivity index (χ3v) is 4.99. The zero-order valence-corrected chi connectivity index (χ0v) is 16.1. The molecule has 3 amide bonds. The van der Waals surface area contributed by atoms with E-state index in [4.69, 9.17) is 4.74 Å². The molecule has 10 heteroatoms. The number of nitrogens with zero attached hydrogens (tertiary/aromatic N) is 5. The van der Waals surface area contributed by atoms with Crippen molar-refractivity contribution >= 4 is 29.6 Å². The summed E-state index contributed by atoms with van der Waals surface area (Å²) in [7, 11) is 0. The van der Waals surface area contributed by atoms with Crippen LogP contribution in [0.25, 0.3) is 0 Å². The number of esters is 1. The summed E-state index contributed by atoms with van der Waals surface area (Å²) in [6.45, 7) is 1.07. The van der Waals surface area contributed by atoms with Gasteiger partial charge in [0.25, 0.3) is 17.7 Å². The molecule has 2 aliphatic heterocycles. The highest BCUT2D eigenvalue weighted by molar-refractivity contribution is 6.22. The molecule has 0 bridgehead atoms. The summed E-state index contributed by atoms with van der Waals surface area (Å²) >= 11 is 0. The average Bonchev–Trinajstić information content (AvgIpc) is 3.03. The van der Waals surface area contributed by atoms with E-state index in [9.17, 15) is 19.2 Å². The van der Waals surface area contributed by atoms with E-state index in [1.807, 2.05) is 4.90 Å². The van der Waals surface area contributed by atoms with Gasteiger partial charge in [-0.2, -0.15) is 0 Å². The Balaban J connectivity index is 1.24. The molecule has 30 heavy (non-hydrogen) atoms. The molecule has 1 fully saturated rings. The maximum atomic E-state index is 12.3. The Labute approximate surface area is 172 Å². The van der Waals surface area contributed by atoms with Gasteiger partial charge >= 0.3 is 5.97 Å². The fourth-order valence-corrected chi connectivity index (χ4v) is 3.40. The largest absolute Gasteiger partial charge is 0.454 e. The van der Waals surface area contributed by atoms with Gasteiger partial charge in [-0.15, -0.1) is 0 Å². The lowest BCUT2D eigenvalue weighted by atomic mass is 10.1. The number of anilines is 1. The van der Waals surface area contributed by atoms with E-state index in [2.05, 4.69) is 9.97 Å². The quantitative estimate of drug-likeness (QED) is 0.500. The number of aromatic nitrogens is 2. The van der Waals surface area contributed by atoms with Crippen molar-refractivity contribution in [1.82, 2.24) is 19.8 Å². The lowest BCUT2D eigenvalue weighted by Gasteiger charge is -2.34. The van der Waals surface area contributed by atoms with Gasteiger partial charge in [-0.25, -0.2) is 9.97 Å². The van der Waals surface area contributed by atoms with Gasteiger partial charge in [-0.3, -0.25) is 24.1 Å². The number of hydrogen-bond acceptors (Lipinski definition) is 8. The second-order valence-corrected chi connectivity index (χ2v) is 6.82. The zero-order valence-electron chi connectivity index (χ0n) is 16.1. The normalized spacial score (nSPS) is 15.9. The van der Waals surface area contributed by atoms with Gasteiger partial charge in [-0.1, -0.05) is 12.1 Å². The molecule has 0 atom stereocenters. The maximum absolute atomic E-state index is 12.3. The standard InChI is InChI=1S/C20H19N5O5/c26-16(23-8-10-24(11-9-23)20-21-6-3-7-22-20)13-30-17(27)12-25-18(28)14-4-1-2-5-15(14)19(25)29/h1-7H,8-13H2. The first kappa shape index (κ1) is 19.5. The highest BCUT2D eigenvalue weighted by Gasteiger charge is 2.36. The van der Waals surface area contributed by atoms with E-state index in [0.717, 1.165) is 4.90 Å². The summed E-state index contributed by atoms with van der Waals surface area (Å²) in [5, 5.41) is 0. The number of hydrogen-bond donors (Lipinski definition) is 0. The van der Waals surface area contributed by atoms with Crippen molar-refractivity contribution in [3.8, 4) is 0 Å².